The zero-order valence-electron chi connectivity index (χ0n) is 16.8. The van der Waals surface area contributed by atoms with E-state index >= 15 is 0 Å². The Morgan fingerprint density at radius 1 is 0.969 bits per heavy atom. The summed E-state index contributed by atoms with van der Waals surface area (Å²) in [4.78, 5) is 32.3. The van der Waals surface area contributed by atoms with Gasteiger partial charge in [0.2, 0.25) is 0 Å². The van der Waals surface area contributed by atoms with Crippen molar-refractivity contribution in [2.24, 2.45) is 0 Å². The summed E-state index contributed by atoms with van der Waals surface area (Å²) < 4.78 is 45.6. The van der Waals surface area contributed by atoms with E-state index in [0.717, 1.165) is 24.3 Å². The normalized spacial score (nSPS) is 14.3. The SMILES string of the molecule is O=C(c1cc(NS(=O)(=O)c2ccc(F)cc2)ccn1)N1CCN(C(=O)c2ccco2)CC1. The first-order chi connectivity index (χ1) is 15.3. The van der Waals surface area contributed by atoms with Gasteiger partial charge in [0.25, 0.3) is 21.8 Å². The monoisotopic (exact) mass is 458 g/mol. The number of rotatable bonds is 5. The Labute approximate surface area is 183 Å². The van der Waals surface area contributed by atoms with Crippen LogP contribution in [0.1, 0.15) is 21.0 Å². The number of anilines is 1. The number of nitrogens with zero attached hydrogens (tertiary/aromatic N) is 3. The van der Waals surface area contributed by atoms with Crippen LogP contribution in [0.4, 0.5) is 10.1 Å². The number of amides is 2. The summed E-state index contributed by atoms with van der Waals surface area (Å²) in [6, 6.07) is 10.4. The molecule has 0 radical (unpaired) electrons. The van der Waals surface area contributed by atoms with Crippen LogP contribution in [0.25, 0.3) is 0 Å². The van der Waals surface area contributed by atoms with Crippen molar-refractivity contribution in [3.05, 3.63) is 78.3 Å². The first-order valence-electron chi connectivity index (χ1n) is 9.70. The number of pyridine rings is 1. The predicted molar refractivity (Wildman–Crippen MR) is 112 cm³/mol. The van der Waals surface area contributed by atoms with Crippen molar-refractivity contribution >= 4 is 27.5 Å². The van der Waals surface area contributed by atoms with Crippen molar-refractivity contribution in [2.45, 2.75) is 4.90 Å². The van der Waals surface area contributed by atoms with Crippen LogP contribution in [0.3, 0.4) is 0 Å². The molecule has 9 nitrogen and oxygen atoms in total. The van der Waals surface area contributed by atoms with E-state index in [1.165, 1.54) is 24.6 Å². The predicted octanol–water partition coefficient (Wildman–Crippen LogP) is 2.21. The van der Waals surface area contributed by atoms with E-state index in [-0.39, 0.29) is 33.9 Å². The molecule has 2 aromatic heterocycles. The molecular weight excluding hydrogens is 439 g/mol. The van der Waals surface area contributed by atoms with Gasteiger partial charge in [-0.15, -0.1) is 0 Å². The molecule has 2 amide bonds. The Hall–Kier alpha value is -3.73. The average Bonchev–Trinajstić information content (AvgIpc) is 3.33. The molecule has 1 aliphatic heterocycles. The van der Waals surface area contributed by atoms with E-state index in [2.05, 4.69) is 9.71 Å². The highest BCUT2D eigenvalue weighted by atomic mass is 32.2. The summed E-state index contributed by atoms with van der Waals surface area (Å²) >= 11 is 0. The number of hydrogen-bond donors (Lipinski definition) is 1. The van der Waals surface area contributed by atoms with Gasteiger partial charge >= 0.3 is 0 Å². The molecule has 1 fully saturated rings. The molecule has 0 bridgehead atoms. The van der Waals surface area contributed by atoms with Crippen LogP contribution in [0.2, 0.25) is 0 Å². The number of benzene rings is 1. The standard InChI is InChI=1S/C21H19FN4O5S/c22-15-3-5-17(6-4-15)32(29,30)24-16-7-8-23-18(14-16)20(27)25-9-11-26(12-10-25)21(28)19-2-1-13-31-19/h1-8,13-14H,9-12H2,(H,23,24). The van der Waals surface area contributed by atoms with Crippen LogP contribution in [-0.2, 0) is 10.0 Å². The van der Waals surface area contributed by atoms with Gasteiger partial charge in [0, 0.05) is 32.4 Å². The minimum absolute atomic E-state index is 0.0649. The molecule has 0 aliphatic carbocycles. The molecule has 11 heteroatoms. The quantitative estimate of drug-likeness (QED) is 0.627. The van der Waals surface area contributed by atoms with E-state index in [1.54, 1.807) is 21.9 Å². The molecule has 1 saturated heterocycles. The van der Waals surface area contributed by atoms with E-state index in [4.69, 9.17) is 4.42 Å². The van der Waals surface area contributed by atoms with Crippen molar-refractivity contribution < 1.29 is 26.8 Å². The van der Waals surface area contributed by atoms with Gasteiger partial charge in [-0.05, 0) is 48.5 Å². The van der Waals surface area contributed by atoms with Gasteiger partial charge in [0.1, 0.15) is 11.5 Å². The first kappa shape index (κ1) is 21.5. The van der Waals surface area contributed by atoms with E-state index in [0.29, 0.717) is 26.2 Å². The lowest BCUT2D eigenvalue weighted by molar-refractivity contribution is 0.0515. The molecule has 4 rings (SSSR count). The van der Waals surface area contributed by atoms with E-state index in [9.17, 15) is 22.4 Å². The summed E-state index contributed by atoms with van der Waals surface area (Å²) in [7, 11) is -3.96. The van der Waals surface area contributed by atoms with Crippen LogP contribution in [0.5, 0.6) is 0 Å². The Morgan fingerprint density at radius 2 is 1.62 bits per heavy atom. The number of sulfonamides is 1. The fraction of sp³-hybridized carbons (Fsp3) is 0.190. The second kappa shape index (κ2) is 8.79. The second-order valence-corrected chi connectivity index (χ2v) is 8.73. The molecule has 166 valence electrons. The fourth-order valence-electron chi connectivity index (χ4n) is 3.27. The summed E-state index contributed by atoms with van der Waals surface area (Å²) in [5, 5.41) is 0. The molecule has 0 saturated carbocycles. The Morgan fingerprint density at radius 3 is 2.25 bits per heavy atom. The van der Waals surface area contributed by atoms with Gasteiger partial charge in [-0.25, -0.2) is 12.8 Å². The van der Waals surface area contributed by atoms with E-state index < -0.39 is 15.8 Å². The summed E-state index contributed by atoms with van der Waals surface area (Å²) in [5.41, 5.74) is 0.217. The first-order valence-corrected chi connectivity index (χ1v) is 11.2. The summed E-state index contributed by atoms with van der Waals surface area (Å²) in [6.07, 6.45) is 2.75. The van der Waals surface area contributed by atoms with E-state index in [1.807, 2.05) is 0 Å². The van der Waals surface area contributed by atoms with Crippen LogP contribution < -0.4 is 4.72 Å². The summed E-state index contributed by atoms with van der Waals surface area (Å²) in [5.74, 6) is -0.922. The fourth-order valence-corrected chi connectivity index (χ4v) is 4.32. The van der Waals surface area contributed by atoms with Gasteiger partial charge < -0.3 is 14.2 Å². The molecule has 1 aromatic carbocycles. The number of halogens is 1. The zero-order valence-corrected chi connectivity index (χ0v) is 17.6. The molecular formula is C21H19FN4O5S. The molecule has 0 spiro atoms. The number of carbonyl (C=O) groups excluding carboxylic acids is 2. The number of piperazine rings is 1. The largest absolute Gasteiger partial charge is 0.459 e. The number of nitrogens with one attached hydrogen (secondary N) is 1. The molecule has 3 aromatic rings. The van der Waals surface area contributed by atoms with Crippen LogP contribution >= 0.6 is 0 Å². The van der Waals surface area contributed by atoms with Gasteiger partial charge in [0.15, 0.2) is 5.76 Å². The van der Waals surface area contributed by atoms with Gasteiger partial charge in [0.05, 0.1) is 16.8 Å². The Kier molecular flexibility index (Phi) is 5.91. The summed E-state index contributed by atoms with van der Waals surface area (Å²) in [6.45, 7) is 1.28. The number of hydrogen-bond acceptors (Lipinski definition) is 6. The van der Waals surface area contributed by atoms with Crippen molar-refractivity contribution in [3.8, 4) is 0 Å². The van der Waals surface area contributed by atoms with Crippen molar-refractivity contribution in [2.75, 3.05) is 30.9 Å². The van der Waals surface area contributed by atoms with Crippen LogP contribution in [0.15, 0.2) is 70.3 Å². The number of aromatic nitrogens is 1. The molecule has 1 N–H and O–H groups in total. The number of carbonyl (C=O) groups is 2. The molecule has 0 unspecified atom stereocenters. The Balaban J connectivity index is 1.41. The third-order valence-electron chi connectivity index (χ3n) is 4.94. The van der Waals surface area contributed by atoms with Crippen molar-refractivity contribution in [1.82, 2.24) is 14.8 Å². The lowest BCUT2D eigenvalue weighted by Gasteiger charge is -2.34. The van der Waals surface area contributed by atoms with Crippen molar-refractivity contribution in [3.63, 3.8) is 0 Å². The van der Waals surface area contributed by atoms with Gasteiger partial charge in [-0.2, -0.15) is 0 Å². The third-order valence-corrected chi connectivity index (χ3v) is 6.34. The molecule has 3 heterocycles. The maximum absolute atomic E-state index is 13.1. The van der Waals surface area contributed by atoms with Gasteiger partial charge in [-0.1, -0.05) is 0 Å². The van der Waals surface area contributed by atoms with Crippen molar-refractivity contribution in [1.29, 1.82) is 0 Å². The Bertz CT molecular complexity index is 1220. The highest BCUT2D eigenvalue weighted by molar-refractivity contribution is 7.92. The minimum Gasteiger partial charge on any atom is -0.459 e. The highest BCUT2D eigenvalue weighted by Gasteiger charge is 2.27. The van der Waals surface area contributed by atoms with Gasteiger partial charge in [-0.3, -0.25) is 19.3 Å². The zero-order chi connectivity index (χ0) is 22.7. The second-order valence-electron chi connectivity index (χ2n) is 7.05. The van der Waals surface area contributed by atoms with Crippen LogP contribution in [-0.4, -0.2) is 61.2 Å². The maximum atomic E-state index is 13.1. The minimum atomic E-state index is -3.96. The topological polar surface area (TPSA) is 113 Å². The highest BCUT2D eigenvalue weighted by Crippen LogP contribution is 2.18. The lowest BCUT2D eigenvalue weighted by atomic mass is 10.2. The molecule has 1 aliphatic rings. The maximum Gasteiger partial charge on any atom is 0.289 e. The molecule has 32 heavy (non-hydrogen) atoms. The number of furan rings is 1. The van der Waals surface area contributed by atoms with Crippen LogP contribution in [0, 0.1) is 5.82 Å². The smallest absolute Gasteiger partial charge is 0.289 e. The lowest BCUT2D eigenvalue weighted by Crippen LogP contribution is -2.50. The third kappa shape index (κ3) is 4.62. The molecule has 0 atom stereocenters. The average molecular weight is 458 g/mol.